The number of halogens is 2. The highest BCUT2D eigenvalue weighted by atomic mass is 19.3. The van der Waals surface area contributed by atoms with Gasteiger partial charge < -0.3 is 4.74 Å². The van der Waals surface area contributed by atoms with Gasteiger partial charge in [0, 0.05) is 25.6 Å². The van der Waals surface area contributed by atoms with E-state index in [0.29, 0.717) is 19.6 Å². The molecule has 0 aromatic rings. The largest absolute Gasteiger partial charge is 0.383 e. The standard InChI is InChI=1S/C11H17F2NO.C2H6/c1-15-8-10-3-2-4-14(10)7-9(5-10)6-11(9,12)13;1-2/h2-8H2,1H3;1-2H3/t9?,10-;/m0./s1. The molecule has 0 aromatic heterocycles. The molecule has 1 spiro atoms. The van der Waals surface area contributed by atoms with E-state index >= 15 is 0 Å². The molecular weight excluding hydrogens is 224 g/mol. The molecule has 2 nitrogen and oxygen atoms in total. The van der Waals surface area contributed by atoms with Gasteiger partial charge in [0.2, 0.25) is 0 Å². The van der Waals surface area contributed by atoms with Crippen LogP contribution < -0.4 is 0 Å². The third kappa shape index (κ3) is 1.80. The highest BCUT2D eigenvalue weighted by Crippen LogP contribution is 2.69. The number of fused-ring (bicyclic) bond motifs is 1. The summed E-state index contributed by atoms with van der Waals surface area (Å²) in [7, 11) is 1.67. The van der Waals surface area contributed by atoms with Gasteiger partial charge in [-0.3, -0.25) is 4.90 Å². The van der Waals surface area contributed by atoms with E-state index in [4.69, 9.17) is 4.74 Å². The van der Waals surface area contributed by atoms with Gasteiger partial charge in [0.15, 0.2) is 0 Å². The summed E-state index contributed by atoms with van der Waals surface area (Å²) in [5, 5.41) is 0. The fraction of sp³-hybridized carbons (Fsp3) is 1.00. The van der Waals surface area contributed by atoms with Crippen LogP contribution in [0.3, 0.4) is 0 Å². The monoisotopic (exact) mass is 247 g/mol. The topological polar surface area (TPSA) is 12.5 Å². The molecule has 3 aliphatic rings. The van der Waals surface area contributed by atoms with Crippen LogP contribution >= 0.6 is 0 Å². The Kier molecular flexibility index (Phi) is 3.24. The van der Waals surface area contributed by atoms with Crippen molar-refractivity contribution in [2.45, 2.75) is 51.0 Å². The van der Waals surface area contributed by atoms with Crippen molar-refractivity contribution in [3.63, 3.8) is 0 Å². The average Bonchev–Trinajstić information content (AvgIpc) is 2.59. The van der Waals surface area contributed by atoms with Crippen molar-refractivity contribution >= 4 is 0 Å². The number of rotatable bonds is 2. The highest BCUT2D eigenvalue weighted by Gasteiger charge is 2.76. The van der Waals surface area contributed by atoms with Gasteiger partial charge in [0.25, 0.3) is 5.92 Å². The van der Waals surface area contributed by atoms with E-state index in [1.54, 1.807) is 7.11 Å². The average molecular weight is 247 g/mol. The minimum Gasteiger partial charge on any atom is -0.383 e. The molecule has 0 bridgehead atoms. The van der Waals surface area contributed by atoms with Crippen molar-refractivity contribution in [3.8, 4) is 0 Å². The Morgan fingerprint density at radius 2 is 1.88 bits per heavy atom. The summed E-state index contributed by atoms with van der Waals surface area (Å²) in [6, 6.07) is 0. The molecule has 4 heteroatoms. The minimum absolute atomic E-state index is 0.0608. The van der Waals surface area contributed by atoms with Gasteiger partial charge in [-0.05, 0) is 25.8 Å². The summed E-state index contributed by atoms with van der Waals surface area (Å²) in [6.45, 7) is 6.18. The molecule has 2 heterocycles. The lowest BCUT2D eigenvalue weighted by Crippen LogP contribution is -2.42. The summed E-state index contributed by atoms with van der Waals surface area (Å²) < 4.78 is 31.9. The van der Waals surface area contributed by atoms with Crippen LogP contribution in [0.4, 0.5) is 8.78 Å². The normalized spacial score (nSPS) is 42.2. The molecule has 0 amide bonds. The van der Waals surface area contributed by atoms with Gasteiger partial charge in [0.1, 0.15) is 0 Å². The summed E-state index contributed by atoms with van der Waals surface area (Å²) >= 11 is 0. The smallest absolute Gasteiger partial charge is 0.255 e. The lowest BCUT2D eigenvalue weighted by atomic mass is 9.89. The molecule has 0 N–H and O–H groups in total. The predicted octanol–water partition coefficient (Wildman–Crippen LogP) is 2.92. The van der Waals surface area contributed by atoms with Crippen LogP contribution in [-0.4, -0.2) is 43.2 Å². The molecule has 1 unspecified atom stereocenters. The Morgan fingerprint density at radius 1 is 1.24 bits per heavy atom. The summed E-state index contributed by atoms with van der Waals surface area (Å²) in [4.78, 5) is 2.25. The van der Waals surface area contributed by atoms with Gasteiger partial charge in [-0.1, -0.05) is 13.8 Å². The maximum absolute atomic E-state index is 13.3. The molecule has 3 fully saturated rings. The fourth-order valence-electron chi connectivity index (χ4n) is 3.72. The van der Waals surface area contributed by atoms with E-state index in [1.165, 1.54) is 0 Å². The van der Waals surface area contributed by atoms with Crippen LogP contribution in [0.15, 0.2) is 0 Å². The van der Waals surface area contributed by atoms with Crippen molar-refractivity contribution in [1.29, 1.82) is 0 Å². The predicted molar refractivity (Wildman–Crippen MR) is 63.4 cm³/mol. The van der Waals surface area contributed by atoms with Crippen molar-refractivity contribution in [1.82, 2.24) is 4.90 Å². The van der Waals surface area contributed by atoms with Crippen molar-refractivity contribution in [3.05, 3.63) is 0 Å². The Morgan fingerprint density at radius 3 is 2.41 bits per heavy atom. The fourth-order valence-corrected chi connectivity index (χ4v) is 3.72. The van der Waals surface area contributed by atoms with Crippen molar-refractivity contribution in [2.24, 2.45) is 5.41 Å². The van der Waals surface area contributed by atoms with Crippen molar-refractivity contribution < 1.29 is 13.5 Å². The Hall–Kier alpha value is -0.220. The van der Waals surface area contributed by atoms with E-state index in [0.717, 1.165) is 19.4 Å². The highest BCUT2D eigenvalue weighted by molar-refractivity contribution is 5.22. The number of alkyl halides is 2. The molecule has 3 rings (SSSR count). The summed E-state index contributed by atoms with van der Waals surface area (Å²) in [5.41, 5.74) is -0.749. The molecule has 1 aliphatic carbocycles. The van der Waals surface area contributed by atoms with Crippen LogP contribution in [0, 0.1) is 5.41 Å². The van der Waals surface area contributed by atoms with Crippen LogP contribution in [0.2, 0.25) is 0 Å². The number of hydrogen-bond acceptors (Lipinski definition) is 2. The van der Waals surface area contributed by atoms with E-state index in [9.17, 15) is 8.78 Å². The Labute approximate surface area is 102 Å². The van der Waals surface area contributed by atoms with Gasteiger partial charge in [-0.15, -0.1) is 0 Å². The maximum atomic E-state index is 13.3. The maximum Gasteiger partial charge on any atom is 0.255 e. The second kappa shape index (κ2) is 4.16. The lowest BCUT2D eigenvalue weighted by molar-refractivity contribution is 0.0581. The molecule has 0 aromatic carbocycles. The quantitative estimate of drug-likeness (QED) is 0.744. The third-order valence-corrected chi connectivity index (χ3v) is 4.53. The van der Waals surface area contributed by atoms with E-state index < -0.39 is 11.3 Å². The summed E-state index contributed by atoms with van der Waals surface area (Å²) in [6.07, 6.45) is 2.90. The molecular formula is C13H23F2NO. The van der Waals surface area contributed by atoms with Gasteiger partial charge in [0.05, 0.1) is 12.0 Å². The molecule has 100 valence electrons. The first-order chi connectivity index (χ1) is 8.04. The number of methoxy groups -OCH3 is 1. The van der Waals surface area contributed by atoms with Gasteiger partial charge in [-0.2, -0.15) is 0 Å². The van der Waals surface area contributed by atoms with Crippen LogP contribution in [0.5, 0.6) is 0 Å². The molecule has 2 saturated heterocycles. The van der Waals surface area contributed by atoms with E-state index in [2.05, 4.69) is 4.90 Å². The zero-order valence-electron chi connectivity index (χ0n) is 11.1. The van der Waals surface area contributed by atoms with Crippen LogP contribution in [-0.2, 0) is 4.74 Å². The van der Waals surface area contributed by atoms with Crippen molar-refractivity contribution in [2.75, 3.05) is 26.8 Å². The van der Waals surface area contributed by atoms with Gasteiger partial charge >= 0.3 is 0 Å². The van der Waals surface area contributed by atoms with E-state index in [1.807, 2.05) is 13.8 Å². The molecule has 2 aliphatic heterocycles. The minimum atomic E-state index is -2.40. The summed E-state index contributed by atoms with van der Waals surface area (Å²) in [5.74, 6) is -2.40. The SMILES string of the molecule is CC.COC[C@@]12CCCN1CC1(CC1(F)F)C2. The number of hydrogen-bond donors (Lipinski definition) is 0. The number of nitrogens with zero attached hydrogens (tertiary/aromatic N) is 1. The van der Waals surface area contributed by atoms with Crippen LogP contribution in [0.25, 0.3) is 0 Å². The molecule has 1 saturated carbocycles. The number of ether oxygens (including phenoxy) is 1. The van der Waals surface area contributed by atoms with Crippen LogP contribution in [0.1, 0.15) is 39.5 Å². The second-order valence-electron chi connectivity index (χ2n) is 5.52. The molecule has 17 heavy (non-hydrogen) atoms. The molecule has 2 atom stereocenters. The Bertz CT molecular complexity index is 297. The lowest BCUT2D eigenvalue weighted by Gasteiger charge is -2.30. The van der Waals surface area contributed by atoms with E-state index in [-0.39, 0.29) is 12.0 Å². The molecule has 0 radical (unpaired) electrons. The van der Waals surface area contributed by atoms with Gasteiger partial charge in [-0.25, -0.2) is 8.78 Å². The zero-order valence-corrected chi connectivity index (χ0v) is 11.1. The third-order valence-electron chi connectivity index (χ3n) is 4.53. The second-order valence-corrected chi connectivity index (χ2v) is 5.52. The first kappa shape index (κ1) is 13.2. The first-order valence-electron chi connectivity index (χ1n) is 6.66. The Balaban J connectivity index is 0.000000514. The first-order valence-corrected chi connectivity index (χ1v) is 6.66. The zero-order chi connectivity index (χ0) is 12.7.